The minimum absolute atomic E-state index is 0.186. The SMILES string of the molecule is C=C(C(C#N)C#N)C1C=C(C)OC(C=Cc2ccc(N(C)C)cc2)=C1. The third-order valence-corrected chi connectivity index (χ3v) is 3.94. The Morgan fingerprint density at radius 1 is 1.16 bits per heavy atom. The zero-order chi connectivity index (χ0) is 18.4. The molecular formula is C21H21N3O. The number of rotatable bonds is 5. The van der Waals surface area contributed by atoms with Gasteiger partial charge in [0.15, 0.2) is 5.92 Å². The molecule has 0 fully saturated rings. The molecule has 4 heteroatoms. The average molecular weight is 331 g/mol. The van der Waals surface area contributed by atoms with E-state index in [0.717, 1.165) is 17.0 Å². The van der Waals surface area contributed by atoms with Gasteiger partial charge in [-0.25, -0.2) is 0 Å². The van der Waals surface area contributed by atoms with E-state index in [-0.39, 0.29) is 5.92 Å². The lowest BCUT2D eigenvalue weighted by Gasteiger charge is -2.20. The summed E-state index contributed by atoms with van der Waals surface area (Å²) in [6, 6.07) is 12.1. The molecule has 1 atom stereocenters. The molecule has 2 rings (SSSR count). The minimum Gasteiger partial charge on any atom is -0.463 e. The first-order valence-corrected chi connectivity index (χ1v) is 7.96. The lowest BCUT2D eigenvalue weighted by molar-refractivity contribution is 0.307. The second-order valence-electron chi connectivity index (χ2n) is 6.06. The van der Waals surface area contributed by atoms with Crippen molar-refractivity contribution in [1.29, 1.82) is 10.5 Å². The lowest BCUT2D eigenvalue weighted by atomic mass is 9.88. The number of hydrogen-bond acceptors (Lipinski definition) is 4. The van der Waals surface area contributed by atoms with Crippen LogP contribution in [0.5, 0.6) is 0 Å². The van der Waals surface area contributed by atoms with Gasteiger partial charge in [0.1, 0.15) is 5.76 Å². The highest BCUT2D eigenvalue weighted by atomic mass is 16.5. The summed E-state index contributed by atoms with van der Waals surface area (Å²) >= 11 is 0. The smallest absolute Gasteiger partial charge is 0.154 e. The normalized spacial score (nSPS) is 16.5. The van der Waals surface area contributed by atoms with E-state index in [1.54, 1.807) is 0 Å². The van der Waals surface area contributed by atoms with Crippen LogP contribution in [0.3, 0.4) is 0 Å². The van der Waals surface area contributed by atoms with Crippen molar-refractivity contribution in [2.24, 2.45) is 11.8 Å². The van der Waals surface area contributed by atoms with E-state index < -0.39 is 5.92 Å². The van der Waals surface area contributed by atoms with Crippen LogP contribution in [0.1, 0.15) is 12.5 Å². The first-order chi connectivity index (χ1) is 11.9. The van der Waals surface area contributed by atoms with Crippen molar-refractivity contribution in [2.45, 2.75) is 6.92 Å². The Balaban J connectivity index is 2.17. The number of nitrogens with zero attached hydrogens (tertiary/aromatic N) is 3. The molecule has 0 saturated carbocycles. The first kappa shape index (κ1) is 18.1. The molecular weight excluding hydrogens is 310 g/mol. The van der Waals surface area contributed by atoms with Crippen LogP contribution < -0.4 is 4.90 Å². The molecule has 0 aliphatic carbocycles. The van der Waals surface area contributed by atoms with Crippen molar-refractivity contribution in [2.75, 3.05) is 19.0 Å². The van der Waals surface area contributed by atoms with E-state index in [1.165, 1.54) is 0 Å². The predicted octanol–water partition coefficient (Wildman–Crippen LogP) is 4.42. The number of allylic oxidation sites excluding steroid dienone is 5. The maximum atomic E-state index is 9.05. The van der Waals surface area contributed by atoms with Crippen LogP contribution in [0.2, 0.25) is 0 Å². The van der Waals surface area contributed by atoms with E-state index in [2.05, 4.69) is 18.7 Å². The Bertz CT molecular complexity index is 800. The molecule has 1 aromatic carbocycles. The van der Waals surface area contributed by atoms with Crippen LogP contribution in [0.25, 0.3) is 6.08 Å². The summed E-state index contributed by atoms with van der Waals surface area (Å²) in [5.41, 5.74) is 2.76. The molecule has 1 aliphatic rings. The minimum atomic E-state index is -0.827. The second-order valence-corrected chi connectivity index (χ2v) is 6.06. The summed E-state index contributed by atoms with van der Waals surface area (Å²) in [4.78, 5) is 2.05. The lowest BCUT2D eigenvalue weighted by Crippen LogP contribution is -2.11. The molecule has 0 N–H and O–H groups in total. The fourth-order valence-corrected chi connectivity index (χ4v) is 2.48. The Kier molecular flexibility index (Phi) is 5.82. The van der Waals surface area contributed by atoms with Gasteiger partial charge in [0.2, 0.25) is 0 Å². The summed E-state index contributed by atoms with van der Waals surface area (Å²) in [6.07, 6.45) is 7.60. The topological polar surface area (TPSA) is 60.1 Å². The van der Waals surface area contributed by atoms with E-state index in [4.69, 9.17) is 15.3 Å². The predicted molar refractivity (Wildman–Crippen MR) is 100 cm³/mol. The van der Waals surface area contributed by atoms with Crippen LogP contribution in [0, 0.1) is 34.5 Å². The van der Waals surface area contributed by atoms with Crippen molar-refractivity contribution >= 4 is 11.8 Å². The second kappa shape index (κ2) is 8.04. The van der Waals surface area contributed by atoms with Crippen molar-refractivity contribution in [3.05, 3.63) is 71.7 Å². The van der Waals surface area contributed by atoms with E-state index in [9.17, 15) is 0 Å². The van der Waals surface area contributed by atoms with Crippen LogP contribution in [-0.2, 0) is 4.74 Å². The number of ether oxygens (including phenoxy) is 1. The van der Waals surface area contributed by atoms with Gasteiger partial charge in [-0.15, -0.1) is 0 Å². The summed E-state index contributed by atoms with van der Waals surface area (Å²) in [7, 11) is 4.01. The van der Waals surface area contributed by atoms with Gasteiger partial charge in [-0.2, -0.15) is 10.5 Å². The Labute approximate surface area is 149 Å². The average Bonchev–Trinajstić information content (AvgIpc) is 2.60. The van der Waals surface area contributed by atoms with E-state index in [1.807, 2.05) is 74.5 Å². The standard InChI is InChI=1S/C21H21N3O/c1-15-11-18(16(2)19(13-22)14-23)12-21(25-15)10-7-17-5-8-20(9-6-17)24(3)4/h5-12,18-19H,2H2,1,3-4H3. The highest BCUT2D eigenvalue weighted by Gasteiger charge is 2.21. The molecule has 1 aromatic rings. The molecule has 1 aliphatic heterocycles. The molecule has 0 radical (unpaired) electrons. The molecule has 25 heavy (non-hydrogen) atoms. The molecule has 126 valence electrons. The van der Waals surface area contributed by atoms with Crippen molar-refractivity contribution in [1.82, 2.24) is 0 Å². The molecule has 0 aromatic heterocycles. The molecule has 1 heterocycles. The summed E-state index contributed by atoms with van der Waals surface area (Å²) in [5, 5.41) is 18.1. The zero-order valence-electron chi connectivity index (χ0n) is 14.7. The number of anilines is 1. The maximum absolute atomic E-state index is 9.05. The van der Waals surface area contributed by atoms with Gasteiger partial charge in [-0.3, -0.25) is 0 Å². The van der Waals surface area contributed by atoms with Gasteiger partial charge in [0.25, 0.3) is 0 Å². The molecule has 4 nitrogen and oxygen atoms in total. The van der Waals surface area contributed by atoms with Gasteiger partial charge < -0.3 is 9.64 Å². The van der Waals surface area contributed by atoms with Gasteiger partial charge >= 0.3 is 0 Å². The van der Waals surface area contributed by atoms with Crippen LogP contribution in [-0.4, -0.2) is 14.1 Å². The molecule has 0 saturated heterocycles. The molecule has 0 bridgehead atoms. The van der Waals surface area contributed by atoms with E-state index in [0.29, 0.717) is 11.3 Å². The summed E-state index contributed by atoms with van der Waals surface area (Å²) < 4.78 is 5.72. The summed E-state index contributed by atoms with van der Waals surface area (Å²) in [6.45, 7) is 5.76. The van der Waals surface area contributed by atoms with Gasteiger partial charge in [0.05, 0.1) is 17.9 Å². The molecule has 1 unspecified atom stereocenters. The third kappa shape index (κ3) is 4.62. The zero-order valence-corrected chi connectivity index (χ0v) is 14.7. The molecule has 0 spiro atoms. The van der Waals surface area contributed by atoms with E-state index >= 15 is 0 Å². The summed E-state index contributed by atoms with van der Waals surface area (Å²) in [5.74, 6) is 0.393. The number of benzene rings is 1. The fraction of sp³-hybridized carbons (Fsp3) is 0.238. The highest BCUT2D eigenvalue weighted by molar-refractivity contribution is 5.57. The number of hydrogen-bond donors (Lipinski definition) is 0. The fourth-order valence-electron chi connectivity index (χ4n) is 2.48. The highest BCUT2D eigenvalue weighted by Crippen LogP contribution is 2.29. The van der Waals surface area contributed by atoms with Gasteiger partial charge in [-0.1, -0.05) is 24.8 Å². The van der Waals surface area contributed by atoms with Gasteiger partial charge in [0, 0.05) is 25.7 Å². The Morgan fingerprint density at radius 3 is 2.36 bits per heavy atom. The van der Waals surface area contributed by atoms with Crippen molar-refractivity contribution in [3.63, 3.8) is 0 Å². The van der Waals surface area contributed by atoms with Crippen LogP contribution >= 0.6 is 0 Å². The number of nitriles is 2. The first-order valence-electron chi connectivity index (χ1n) is 7.96. The van der Waals surface area contributed by atoms with Gasteiger partial charge in [-0.05, 0) is 48.4 Å². The maximum Gasteiger partial charge on any atom is 0.154 e. The largest absolute Gasteiger partial charge is 0.463 e. The Morgan fingerprint density at radius 2 is 1.80 bits per heavy atom. The monoisotopic (exact) mass is 331 g/mol. The van der Waals surface area contributed by atoms with Crippen LogP contribution in [0.15, 0.2) is 66.2 Å². The van der Waals surface area contributed by atoms with Crippen LogP contribution in [0.4, 0.5) is 5.69 Å². The Hall–Kier alpha value is -3.24. The third-order valence-electron chi connectivity index (χ3n) is 3.94. The molecule has 0 amide bonds. The van der Waals surface area contributed by atoms with Crippen molar-refractivity contribution < 1.29 is 4.74 Å². The quantitative estimate of drug-likeness (QED) is 0.749. The van der Waals surface area contributed by atoms with Crippen molar-refractivity contribution in [3.8, 4) is 12.1 Å².